The van der Waals surface area contributed by atoms with E-state index in [0.717, 1.165) is 5.69 Å². The molecule has 2 unspecified atom stereocenters. The number of fused-ring (bicyclic) bond motifs is 1. The Kier molecular flexibility index (Phi) is 3.31. The van der Waals surface area contributed by atoms with Gasteiger partial charge in [-0.1, -0.05) is 13.0 Å². The predicted octanol–water partition coefficient (Wildman–Crippen LogP) is 1.53. The van der Waals surface area contributed by atoms with E-state index in [0.29, 0.717) is 17.4 Å². The van der Waals surface area contributed by atoms with Gasteiger partial charge in [-0.15, -0.1) is 0 Å². The van der Waals surface area contributed by atoms with Crippen molar-refractivity contribution in [3.8, 4) is 0 Å². The van der Waals surface area contributed by atoms with E-state index in [1.54, 1.807) is 0 Å². The van der Waals surface area contributed by atoms with Crippen LogP contribution in [-0.4, -0.2) is 66.3 Å². The first-order chi connectivity index (χ1) is 10.3. The molecule has 4 saturated heterocycles. The number of rotatable bonds is 3. The molecular weight excluding hydrogens is 260 g/mol. The van der Waals surface area contributed by atoms with Crippen LogP contribution in [0.5, 0.6) is 0 Å². The third-order valence-electron chi connectivity index (χ3n) is 5.63. The Morgan fingerprint density at radius 2 is 2.05 bits per heavy atom. The fraction of sp³-hybridized carbons (Fsp3) is 0.647. The van der Waals surface area contributed by atoms with Crippen LogP contribution in [0.15, 0.2) is 29.4 Å². The summed E-state index contributed by atoms with van der Waals surface area (Å²) in [4.78, 5) is 14.8. The molecule has 4 aliphatic rings. The van der Waals surface area contributed by atoms with E-state index in [2.05, 4.69) is 21.7 Å². The molecule has 1 aromatic heterocycles. The maximum atomic E-state index is 5.04. The zero-order valence-electron chi connectivity index (χ0n) is 12.8. The summed E-state index contributed by atoms with van der Waals surface area (Å²) in [5, 5.41) is 0. The molecule has 0 spiro atoms. The fourth-order valence-corrected chi connectivity index (χ4v) is 4.62. The van der Waals surface area contributed by atoms with Crippen LogP contribution in [-0.2, 0) is 0 Å². The van der Waals surface area contributed by atoms with E-state index in [9.17, 15) is 0 Å². The van der Waals surface area contributed by atoms with E-state index >= 15 is 0 Å². The molecule has 0 aliphatic carbocycles. The molecule has 4 heteroatoms. The zero-order chi connectivity index (χ0) is 14.3. The second-order valence-corrected chi connectivity index (χ2v) is 6.92. The normalized spacial score (nSPS) is 41.6. The summed E-state index contributed by atoms with van der Waals surface area (Å²) in [5.41, 5.74) is 1.33. The van der Waals surface area contributed by atoms with Crippen molar-refractivity contribution in [1.82, 2.24) is 14.8 Å². The molecule has 0 saturated carbocycles. The Morgan fingerprint density at radius 3 is 2.67 bits per heavy atom. The van der Waals surface area contributed by atoms with Crippen LogP contribution >= 0.6 is 0 Å². The molecule has 0 radical (unpaired) electrons. The van der Waals surface area contributed by atoms with E-state index < -0.39 is 0 Å². The van der Waals surface area contributed by atoms with Crippen LogP contribution in [0, 0.1) is 11.3 Å². The van der Waals surface area contributed by atoms with Crippen molar-refractivity contribution in [1.29, 1.82) is 0 Å². The second kappa shape index (κ2) is 5.18. The third kappa shape index (κ3) is 2.30. The van der Waals surface area contributed by atoms with E-state index in [1.165, 1.54) is 45.7 Å². The van der Waals surface area contributed by atoms with Gasteiger partial charge in [0.05, 0.1) is 11.7 Å². The molecule has 4 fully saturated rings. The van der Waals surface area contributed by atoms with Gasteiger partial charge in [-0.2, -0.15) is 0 Å². The molecule has 1 aromatic rings. The van der Waals surface area contributed by atoms with Gasteiger partial charge in [0.1, 0.15) is 0 Å². The Morgan fingerprint density at radius 1 is 1.29 bits per heavy atom. The topological polar surface area (TPSA) is 31.7 Å². The first kappa shape index (κ1) is 13.4. The number of hydrogen-bond donors (Lipinski definition) is 0. The van der Waals surface area contributed by atoms with Gasteiger partial charge in [0.2, 0.25) is 0 Å². The Bertz CT molecular complexity index is 511. The Balaban J connectivity index is 1.63. The van der Waals surface area contributed by atoms with Gasteiger partial charge in [-0.05, 0) is 18.6 Å². The minimum atomic E-state index is 0.350. The molecule has 112 valence electrons. The molecule has 4 aliphatic heterocycles. The summed E-state index contributed by atoms with van der Waals surface area (Å²) >= 11 is 0. The third-order valence-corrected chi connectivity index (χ3v) is 5.63. The highest BCUT2D eigenvalue weighted by atomic mass is 15.3. The van der Waals surface area contributed by atoms with Crippen molar-refractivity contribution < 1.29 is 0 Å². The van der Waals surface area contributed by atoms with Gasteiger partial charge in [0.15, 0.2) is 0 Å². The second-order valence-electron chi connectivity index (χ2n) is 6.92. The summed E-state index contributed by atoms with van der Waals surface area (Å²) in [5.74, 6) is 0.690. The van der Waals surface area contributed by atoms with Crippen LogP contribution in [0.1, 0.15) is 19.0 Å². The molecule has 5 rings (SSSR count). The van der Waals surface area contributed by atoms with Crippen molar-refractivity contribution in [2.45, 2.75) is 19.4 Å². The van der Waals surface area contributed by atoms with Crippen molar-refractivity contribution in [2.24, 2.45) is 16.3 Å². The van der Waals surface area contributed by atoms with Crippen molar-refractivity contribution in [3.63, 3.8) is 0 Å². The van der Waals surface area contributed by atoms with Gasteiger partial charge in [0, 0.05) is 63.0 Å². The Labute approximate surface area is 126 Å². The van der Waals surface area contributed by atoms with E-state index in [-0.39, 0.29) is 0 Å². The minimum Gasteiger partial charge on any atom is -0.301 e. The van der Waals surface area contributed by atoms with E-state index in [1.807, 2.05) is 30.6 Å². The smallest absolute Gasteiger partial charge is 0.0807 e. The van der Waals surface area contributed by atoms with Crippen LogP contribution in [0.2, 0.25) is 0 Å². The average molecular weight is 284 g/mol. The first-order valence-electron chi connectivity index (χ1n) is 8.18. The molecule has 3 atom stereocenters. The number of piperidine rings is 2. The summed E-state index contributed by atoms with van der Waals surface area (Å²) in [6.45, 7) is 9.73. The predicted molar refractivity (Wildman–Crippen MR) is 84.7 cm³/mol. The van der Waals surface area contributed by atoms with Crippen molar-refractivity contribution in [3.05, 3.63) is 30.1 Å². The number of pyridine rings is 1. The average Bonchev–Trinajstić information content (AvgIpc) is 2.76. The van der Waals surface area contributed by atoms with Gasteiger partial charge >= 0.3 is 0 Å². The maximum absolute atomic E-state index is 5.04. The zero-order valence-corrected chi connectivity index (χ0v) is 12.8. The van der Waals surface area contributed by atoms with Gasteiger partial charge in [-0.3, -0.25) is 9.98 Å². The standard InChI is InChI=1S/C17H24N4/c1-2-17-12-20-7-8-21(13-17)11-14(10-20)16(17)19-9-15-5-3-4-6-18-15/h3-6,9,14,16H,2,7-8,10-13H2,1H3/t14?,16-,17?/m0/s1. The number of nitrogens with zero attached hydrogens (tertiary/aromatic N) is 4. The lowest BCUT2D eigenvalue weighted by Gasteiger charge is -2.53. The summed E-state index contributed by atoms with van der Waals surface area (Å²) < 4.78 is 0. The van der Waals surface area contributed by atoms with Crippen LogP contribution in [0.25, 0.3) is 0 Å². The summed E-state index contributed by atoms with van der Waals surface area (Å²) in [6, 6.07) is 6.49. The molecule has 4 bridgehead atoms. The largest absolute Gasteiger partial charge is 0.301 e. The highest BCUT2D eigenvalue weighted by Gasteiger charge is 2.53. The number of aliphatic imine (C=N–C) groups is 1. The molecule has 4 nitrogen and oxygen atoms in total. The highest BCUT2D eigenvalue weighted by Crippen LogP contribution is 2.44. The summed E-state index contributed by atoms with van der Waals surface area (Å²) in [7, 11) is 0. The highest BCUT2D eigenvalue weighted by molar-refractivity contribution is 5.76. The van der Waals surface area contributed by atoms with Gasteiger partial charge in [-0.25, -0.2) is 0 Å². The molecule has 0 amide bonds. The molecule has 5 heterocycles. The minimum absolute atomic E-state index is 0.350. The monoisotopic (exact) mass is 284 g/mol. The van der Waals surface area contributed by atoms with Crippen LogP contribution < -0.4 is 0 Å². The van der Waals surface area contributed by atoms with Gasteiger partial charge < -0.3 is 9.80 Å². The lowest BCUT2D eigenvalue weighted by atomic mass is 9.67. The number of hydrogen-bond acceptors (Lipinski definition) is 4. The van der Waals surface area contributed by atoms with Gasteiger partial charge in [0.25, 0.3) is 0 Å². The van der Waals surface area contributed by atoms with Crippen molar-refractivity contribution >= 4 is 6.21 Å². The lowest BCUT2D eigenvalue weighted by Crippen LogP contribution is -2.62. The lowest BCUT2D eigenvalue weighted by molar-refractivity contribution is -0.0176. The maximum Gasteiger partial charge on any atom is 0.0807 e. The molecular formula is C17H24N4. The fourth-order valence-electron chi connectivity index (χ4n) is 4.62. The molecule has 0 N–H and O–H groups in total. The number of aromatic nitrogens is 1. The first-order valence-corrected chi connectivity index (χ1v) is 8.18. The van der Waals surface area contributed by atoms with Crippen molar-refractivity contribution in [2.75, 3.05) is 39.3 Å². The van der Waals surface area contributed by atoms with E-state index in [4.69, 9.17) is 4.99 Å². The quantitative estimate of drug-likeness (QED) is 0.789. The summed E-state index contributed by atoms with van der Waals surface area (Å²) in [6.07, 6.45) is 5.07. The molecule has 0 aromatic carbocycles. The van der Waals surface area contributed by atoms with Crippen LogP contribution in [0.3, 0.4) is 0 Å². The Hall–Kier alpha value is -1.26. The molecule has 21 heavy (non-hydrogen) atoms. The van der Waals surface area contributed by atoms with Crippen LogP contribution in [0.4, 0.5) is 0 Å². The SMILES string of the molecule is CCC12CN3CCN(CC(C3)[C@@H]1N=Cc1ccccn1)C2.